The molecule has 0 aromatic heterocycles. The molecule has 0 aromatic rings. The van der Waals surface area contributed by atoms with Crippen molar-refractivity contribution in [2.75, 3.05) is 25.6 Å². The maximum Gasteiger partial charge on any atom is 0.500 e. The van der Waals surface area contributed by atoms with Crippen LogP contribution < -0.4 is 0 Å². The third-order valence-corrected chi connectivity index (χ3v) is 7.45. The Labute approximate surface area is 151 Å². The first-order chi connectivity index (χ1) is 11.2. The molecule has 0 N–H and O–H groups in total. The fraction of sp³-hybridized carbons (Fsp3) is 1.00. The molecule has 0 aliphatic rings. The van der Waals surface area contributed by atoms with Crippen LogP contribution in [-0.4, -0.2) is 34.4 Å². The van der Waals surface area contributed by atoms with Crippen LogP contribution in [0.1, 0.15) is 85.0 Å². The lowest BCUT2D eigenvalue weighted by Gasteiger charge is -2.28. The summed E-state index contributed by atoms with van der Waals surface area (Å²) in [6, 6.07) is 0.965. The van der Waals surface area contributed by atoms with Crippen LogP contribution >= 0.6 is 12.6 Å². The summed E-state index contributed by atoms with van der Waals surface area (Å²) in [5.74, 6) is 1.04. The zero-order valence-corrected chi connectivity index (χ0v) is 17.7. The van der Waals surface area contributed by atoms with Gasteiger partial charge in [0, 0.05) is 25.9 Å². The predicted molar refractivity (Wildman–Crippen MR) is 105 cm³/mol. The minimum Gasteiger partial charge on any atom is -0.374 e. The molecule has 0 heterocycles. The molecule has 0 atom stereocenters. The Morgan fingerprint density at radius 3 is 1.26 bits per heavy atom. The van der Waals surface area contributed by atoms with E-state index in [0.29, 0.717) is 19.8 Å². The predicted octanol–water partition coefficient (Wildman–Crippen LogP) is 5.87. The van der Waals surface area contributed by atoms with E-state index in [0.717, 1.165) is 18.2 Å². The van der Waals surface area contributed by atoms with Crippen molar-refractivity contribution >= 4 is 21.4 Å². The van der Waals surface area contributed by atoms with E-state index >= 15 is 0 Å². The van der Waals surface area contributed by atoms with Crippen LogP contribution in [0.4, 0.5) is 0 Å². The van der Waals surface area contributed by atoms with Crippen molar-refractivity contribution in [1.29, 1.82) is 0 Å². The van der Waals surface area contributed by atoms with E-state index < -0.39 is 8.80 Å². The van der Waals surface area contributed by atoms with Crippen LogP contribution in [0.3, 0.4) is 0 Å². The Balaban J connectivity index is 3.65. The molecular formula is C18H40O3SSi. The van der Waals surface area contributed by atoms with E-state index in [2.05, 4.69) is 12.6 Å². The summed E-state index contributed by atoms with van der Waals surface area (Å²) in [4.78, 5) is 0. The Hall–Kier alpha value is 0.447. The molecule has 5 heteroatoms. The number of hydrogen-bond donors (Lipinski definition) is 1. The van der Waals surface area contributed by atoms with Crippen molar-refractivity contribution < 1.29 is 13.3 Å². The molecular weight excluding hydrogens is 324 g/mol. The summed E-state index contributed by atoms with van der Waals surface area (Å²) < 4.78 is 17.7. The van der Waals surface area contributed by atoms with Crippen LogP contribution in [0.25, 0.3) is 0 Å². The van der Waals surface area contributed by atoms with Gasteiger partial charge in [-0.3, -0.25) is 0 Å². The standard InChI is InChI=1S/C18H40O3SSi/c1-4-19-23(20-5-2,21-6-3)18-16-14-12-10-8-7-9-11-13-15-17-22/h22H,4-18H2,1-3H3. The van der Waals surface area contributed by atoms with Gasteiger partial charge < -0.3 is 13.3 Å². The minimum absolute atomic E-state index is 0.680. The maximum absolute atomic E-state index is 5.89. The molecule has 0 bridgehead atoms. The third kappa shape index (κ3) is 13.4. The number of thiol groups is 1. The second kappa shape index (κ2) is 17.3. The number of hydrogen-bond acceptors (Lipinski definition) is 4. The molecule has 0 spiro atoms. The summed E-state index contributed by atoms with van der Waals surface area (Å²) in [5.41, 5.74) is 0. The average Bonchev–Trinajstić information content (AvgIpc) is 2.53. The van der Waals surface area contributed by atoms with Crippen molar-refractivity contribution in [3.8, 4) is 0 Å². The first-order valence-electron chi connectivity index (χ1n) is 9.77. The lowest BCUT2D eigenvalue weighted by molar-refractivity contribution is 0.0706. The molecule has 0 aromatic carbocycles. The van der Waals surface area contributed by atoms with Gasteiger partial charge in [-0.05, 0) is 39.4 Å². The van der Waals surface area contributed by atoms with Crippen LogP contribution in [0.15, 0.2) is 0 Å². The molecule has 0 rings (SSSR count). The van der Waals surface area contributed by atoms with Crippen molar-refractivity contribution in [2.45, 2.75) is 91.0 Å². The van der Waals surface area contributed by atoms with E-state index in [1.165, 1.54) is 57.8 Å². The first kappa shape index (κ1) is 23.4. The summed E-state index contributed by atoms with van der Waals surface area (Å²) in [6.45, 7) is 8.11. The Bertz CT molecular complexity index is 225. The maximum atomic E-state index is 5.89. The van der Waals surface area contributed by atoms with Gasteiger partial charge in [-0.1, -0.05) is 51.4 Å². The van der Waals surface area contributed by atoms with E-state index in [9.17, 15) is 0 Å². The zero-order chi connectivity index (χ0) is 17.2. The van der Waals surface area contributed by atoms with E-state index in [4.69, 9.17) is 13.3 Å². The smallest absolute Gasteiger partial charge is 0.374 e. The average molecular weight is 365 g/mol. The summed E-state index contributed by atoms with van der Waals surface area (Å²) in [5, 5.41) is 0. The minimum atomic E-state index is -2.40. The highest BCUT2D eigenvalue weighted by molar-refractivity contribution is 7.80. The second-order valence-corrected chi connectivity index (χ2v) is 9.17. The van der Waals surface area contributed by atoms with Gasteiger partial charge in [0.25, 0.3) is 0 Å². The Morgan fingerprint density at radius 2 is 0.913 bits per heavy atom. The highest BCUT2D eigenvalue weighted by Crippen LogP contribution is 2.21. The van der Waals surface area contributed by atoms with Crippen molar-refractivity contribution in [3.63, 3.8) is 0 Å². The molecule has 0 radical (unpaired) electrons. The van der Waals surface area contributed by atoms with Crippen molar-refractivity contribution in [1.82, 2.24) is 0 Å². The van der Waals surface area contributed by atoms with Crippen LogP contribution in [0, 0.1) is 0 Å². The molecule has 0 unspecified atom stereocenters. The molecule has 140 valence electrons. The summed E-state index contributed by atoms with van der Waals surface area (Å²) >= 11 is 4.25. The Morgan fingerprint density at radius 1 is 0.565 bits per heavy atom. The number of rotatable bonds is 18. The van der Waals surface area contributed by atoms with Crippen LogP contribution in [0.2, 0.25) is 6.04 Å². The van der Waals surface area contributed by atoms with Crippen molar-refractivity contribution in [3.05, 3.63) is 0 Å². The van der Waals surface area contributed by atoms with Gasteiger partial charge in [-0.25, -0.2) is 0 Å². The van der Waals surface area contributed by atoms with Crippen LogP contribution in [-0.2, 0) is 13.3 Å². The van der Waals surface area contributed by atoms with Crippen LogP contribution in [0.5, 0.6) is 0 Å². The Kier molecular flexibility index (Phi) is 17.6. The van der Waals surface area contributed by atoms with Crippen molar-refractivity contribution in [2.24, 2.45) is 0 Å². The molecule has 0 aliphatic heterocycles. The second-order valence-electron chi connectivity index (χ2n) is 5.99. The first-order valence-corrected chi connectivity index (χ1v) is 12.3. The lowest BCUT2D eigenvalue weighted by Crippen LogP contribution is -2.45. The summed E-state index contributed by atoms with van der Waals surface area (Å²) in [6.07, 6.45) is 13.3. The van der Waals surface area contributed by atoms with Gasteiger partial charge in [0.1, 0.15) is 0 Å². The molecule has 0 saturated carbocycles. The fourth-order valence-corrected chi connectivity index (χ4v) is 5.78. The van der Waals surface area contributed by atoms with Gasteiger partial charge in [-0.15, -0.1) is 0 Å². The zero-order valence-electron chi connectivity index (χ0n) is 15.8. The topological polar surface area (TPSA) is 27.7 Å². The van der Waals surface area contributed by atoms with Gasteiger partial charge in [-0.2, -0.15) is 12.6 Å². The molecule has 3 nitrogen and oxygen atoms in total. The van der Waals surface area contributed by atoms with E-state index in [1.54, 1.807) is 0 Å². The van der Waals surface area contributed by atoms with Gasteiger partial charge in [0.2, 0.25) is 0 Å². The molecule has 0 saturated heterocycles. The third-order valence-electron chi connectivity index (χ3n) is 3.98. The van der Waals surface area contributed by atoms with Gasteiger partial charge in [0.05, 0.1) is 0 Å². The summed E-state index contributed by atoms with van der Waals surface area (Å²) in [7, 11) is -2.40. The molecule has 0 aliphatic carbocycles. The van der Waals surface area contributed by atoms with E-state index in [-0.39, 0.29) is 0 Å². The molecule has 23 heavy (non-hydrogen) atoms. The number of unbranched alkanes of at least 4 members (excludes halogenated alkanes) is 9. The van der Waals surface area contributed by atoms with Gasteiger partial charge in [0.15, 0.2) is 0 Å². The fourth-order valence-electron chi connectivity index (χ4n) is 2.87. The lowest BCUT2D eigenvalue weighted by atomic mass is 10.1. The monoisotopic (exact) mass is 364 g/mol. The van der Waals surface area contributed by atoms with Gasteiger partial charge >= 0.3 is 8.80 Å². The highest BCUT2D eigenvalue weighted by atomic mass is 32.1. The highest BCUT2D eigenvalue weighted by Gasteiger charge is 2.39. The normalized spacial score (nSPS) is 12.0. The van der Waals surface area contributed by atoms with E-state index in [1.807, 2.05) is 20.8 Å². The quantitative estimate of drug-likeness (QED) is 0.187. The molecule has 0 fully saturated rings. The molecule has 0 amide bonds. The SMILES string of the molecule is CCO[Si](CCCCCCCCCCCCS)(OCC)OCC. The largest absolute Gasteiger partial charge is 0.500 e.